The molecule has 0 saturated carbocycles. The summed E-state index contributed by atoms with van der Waals surface area (Å²) < 4.78 is 0. The van der Waals surface area contributed by atoms with Crippen LogP contribution < -0.4 is 5.32 Å². The van der Waals surface area contributed by atoms with Gasteiger partial charge in [0.25, 0.3) is 5.91 Å². The molecule has 1 aromatic heterocycles. The number of benzene rings is 2. The van der Waals surface area contributed by atoms with Crippen molar-refractivity contribution >= 4 is 22.5 Å². The zero-order chi connectivity index (χ0) is 15.7. The van der Waals surface area contributed by atoms with Gasteiger partial charge < -0.3 is 10.3 Å². The predicted octanol–water partition coefficient (Wildman–Crippen LogP) is 4.60. The maximum absolute atomic E-state index is 12.5. The molecule has 1 heterocycles. The van der Waals surface area contributed by atoms with Crippen LogP contribution in [0.15, 0.2) is 42.5 Å². The van der Waals surface area contributed by atoms with Gasteiger partial charge in [-0.2, -0.15) is 0 Å². The molecule has 0 spiro atoms. The molecular weight excluding hydrogens is 272 g/mol. The van der Waals surface area contributed by atoms with Crippen LogP contribution >= 0.6 is 0 Å². The third-order valence-corrected chi connectivity index (χ3v) is 3.98. The molecule has 1 amide bonds. The maximum Gasteiger partial charge on any atom is 0.272 e. The summed E-state index contributed by atoms with van der Waals surface area (Å²) in [5, 5.41) is 4.10. The van der Waals surface area contributed by atoms with Gasteiger partial charge in [-0.3, -0.25) is 4.79 Å². The zero-order valence-corrected chi connectivity index (χ0v) is 13.2. The van der Waals surface area contributed by atoms with Crippen molar-refractivity contribution in [2.24, 2.45) is 0 Å². The Hall–Kier alpha value is -2.55. The smallest absolute Gasteiger partial charge is 0.272 e. The van der Waals surface area contributed by atoms with Crippen LogP contribution in [-0.4, -0.2) is 10.9 Å². The van der Waals surface area contributed by atoms with E-state index >= 15 is 0 Å². The Bertz CT molecular complexity index is 846. The highest BCUT2D eigenvalue weighted by Gasteiger charge is 2.12. The lowest BCUT2D eigenvalue weighted by molar-refractivity contribution is 0.102. The Morgan fingerprint density at radius 2 is 1.91 bits per heavy atom. The molecule has 0 radical (unpaired) electrons. The number of aromatic amines is 1. The molecular formula is C19H20N2O. The van der Waals surface area contributed by atoms with E-state index in [0.717, 1.165) is 28.6 Å². The largest absolute Gasteiger partial charge is 0.351 e. The van der Waals surface area contributed by atoms with Gasteiger partial charge in [-0.25, -0.2) is 0 Å². The van der Waals surface area contributed by atoms with Crippen molar-refractivity contribution in [2.45, 2.75) is 27.2 Å². The van der Waals surface area contributed by atoms with E-state index in [-0.39, 0.29) is 5.91 Å². The number of carbonyl (C=O) groups excluding carboxylic acids is 1. The molecule has 22 heavy (non-hydrogen) atoms. The van der Waals surface area contributed by atoms with Crippen molar-refractivity contribution in [3.8, 4) is 0 Å². The lowest BCUT2D eigenvalue weighted by Crippen LogP contribution is -2.13. The number of nitrogens with one attached hydrogen (secondary N) is 2. The van der Waals surface area contributed by atoms with Crippen LogP contribution in [0, 0.1) is 13.8 Å². The Morgan fingerprint density at radius 3 is 2.68 bits per heavy atom. The molecule has 0 fully saturated rings. The van der Waals surface area contributed by atoms with Gasteiger partial charge in [-0.1, -0.05) is 31.2 Å². The second kappa shape index (κ2) is 5.68. The Labute approximate surface area is 130 Å². The van der Waals surface area contributed by atoms with Gasteiger partial charge in [0, 0.05) is 16.6 Å². The molecule has 0 unspecified atom stereocenters. The van der Waals surface area contributed by atoms with Crippen LogP contribution in [0.5, 0.6) is 0 Å². The molecule has 0 atom stereocenters. The average molecular weight is 292 g/mol. The third kappa shape index (κ3) is 2.62. The monoisotopic (exact) mass is 292 g/mol. The number of fused-ring (bicyclic) bond motifs is 1. The van der Waals surface area contributed by atoms with E-state index in [2.05, 4.69) is 43.2 Å². The highest BCUT2D eigenvalue weighted by Crippen LogP contribution is 2.23. The lowest BCUT2D eigenvalue weighted by atomic mass is 10.1. The van der Waals surface area contributed by atoms with Crippen molar-refractivity contribution < 1.29 is 4.79 Å². The number of aromatic nitrogens is 1. The first kappa shape index (κ1) is 14.4. The van der Waals surface area contributed by atoms with Gasteiger partial charge in [-0.05, 0) is 55.2 Å². The minimum atomic E-state index is -0.103. The molecule has 0 aliphatic heterocycles. The van der Waals surface area contributed by atoms with E-state index in [1.807, 2.05) is 30.3 Å². The highest BCUT2D eigenvalue weighted by molar-refractivity contribution is 6.06. The van der Waals surface area contributed by atoms with E-state index in [1.54, 1.807) is 0 Å². The van der Waals surface area contributed by atoms with Gasteiger partial charge in [0.15, 0.2) is 0 Å². The fourth-order valence-electron chi connectivity index (χ4n) is 2.86. The van der Waals surface area contributed by atoms with Gasteiger partial charge in [0.05, 0.1) is 0 Å². The van der Waals surface area contributed by atoms with E-state index in [4.69, 9.17) is 0 Å². The zero-order valence-electron chi connectivity index (χ0n) is 13.2. The summed E-state index contributed by atoms with van der Waals surface area (Å²) in [5.41, 5.74) is 5.98. The molecule has 3 nitrogen and oxygen atoms in total. The van der Waals surface area contributed by atoms with Gasteiger partial charge in [0.2, 0.25) is 0 Å². The number of para-hydroxylation sites is 1. The number of aryl methyl sites for hydroxylation is 3. The Balaban J connectivity index is 1.94. The van der Waals surface area contributed by atoms with E-state index < -0.39 is 0 Å². The normalized spacial score (nSPS) is 10.9. The fourth-order valence-corrected chi connectivity index (χ4v) is 2.86. The van der Waals surface area contributed by atoms with Crippen molar-refractivity contribution in [1.82, 2.24) is 4.98 Å². The molecule has 2 aromatic carbocycles. The molecule has 3 heteroatoms. The summed E-state index contributed by atoms with van der Waals surface area (Å²) in [5.74, 6) is -0.103. The second-order valence-corrected chi connectivity index (χ2v) is 5.69. The quantitative estimate of drug-likeness (QED) is 0.728. The number of amides is 1. The summed E-state index contributed by atoms with van der Waals surface area (Å²) in [4.78, 5) is 15.7. The van der Waals surface area contributed by atoms with E-state index in [1.165, 1.54) is 11.1 Å². The molecule has 3 aromatic rings. The fraction of sp³-hybridized carbons (Fsp3) is 0.211. The van der Waals surface area contributed by atoms with Crippen molar-refractivity contribution in [2.75, 3.05) is 5.32 Å². The van der Waals surface area contributed by atoms with Crippen LogP contribution in [-0.2, 0) is 6.42 Å². The molecule has 2 N–H and O–H groups in total. The van der Waals surface area contributed by atoms with Crippen LogP contribution in [0.4, 0.5) is 5.69 Å². The van der Waals surface area contributed by atoms with Crippen molar-refractivity contribution in [3.63, 3.8) is 0 Å². The predicted molar refractivity (Wildman–Crippen MR) is 91.5 cm³/mol. The number of rotatable bonds is 3. The molecule has 0 bridgehead atoms. The van der Waals surface area contributed by atoms with Crippen LogP contribution in [0.2, 0.25) is 0 Å². The first-order valence-corrected chi connectivity index (χ1v) is 7.57. The Morgan fingerprint density at radius 1 is 1.14 bits per heavy atom. The summed E-state index contributed by atoms with van der Waals surface area (Å²) >= 11 is 0. The van der Waals surface area contributed by atoms with Crippen LogP contribution in [0.1, 0.15) is 34.1 Å². The van der Waals surface area contributed by atoms with Crippen molar-refractivity contribution in [1.29, 1.82) is 0 Å². The maximum atomic E-state index is 12.5. The highest BCUT2D eigenvalue weighted by atomic mass is 16.1. The number of anilines is 1. The second-order valence-electron chi connectivity index (χ2n) is 5.69. The minimum Gasteiger partial charge on any atom is -0.351 e. The minimum absolute atomic E-state index is 0.103. The van der Waals surface area contributed by atoms with Gasteiger partial charge in [-0.15, -0.1) is 0 Å². The average Bonchev–Trinajstić information content (AvgIpc) is 2.92. The standard InChI is InChI=1S/C19H20N2O/c1-4-14-7-5-6-8-16(14)21-19(22)18-11-15-13(3)9-12(2)10-17(15)20-18/h5-11,20H,4H2,1-3H3,(H,21,22). The van der Waals surface area contributed by atoms with Crippen LogP contribution in [0.3, 0.4) is 0 Å². The molecule has 0 saturated heterocycles. The first-order valence-electron chi connectivity index (χ1n) is 7.57. The van der Waals surface area contributed by atoms with Gasteiger partial charge in [0.1, 0.15) is 5.69 Å². The summed E-state index contributed by atoms with van der Waals surface area (Å²) in [6.07, 6.45) is 0.890. The molecule has 112 valence electrons. The lowest BCUT2D eigenvalue weighted by Gasteiger charge is -2.08. The Kier molecular flexibility index (Phi) is 3.72. The first-order chi connectivity index (χ1) is 10.6. The van der Waals surface area contributed by atoms with E-state index in [0.29, 0.717) is 5.69 Å². The topological polar surface area (TPSA) is 44.9 Å². The number of hydrogen-bond acceptors (Lipinski definition) is 1. The number of carbonyl (C=O) groups is 1. The molecule has 0 aliphatic carbocycles. The summed E-state index contributed by atoms with van der Waals surface area (Å²) in [7, 11) is 0. The summed E-state index contributed by atoms with van der Waals surface area (Å²) in [6.45, 7) is 6.21. The SMILES string of the molecule is CCc1ccccc1NC(=O)c1cc2c(C)cc(C)cc2[nH]1. The summed E-state index contributed by atoms with van der Waals surface area (Å²) in [6, 6.07) is 14.0. The molecule has 3 rings (SSSR count). The number of hydrogen-bond donors (Lipinski definition) is 2. The van der Waals surface area contributed by atoms with Gasteiger partial charge >= 0.3 is 0 Å². The van der Waals surface area contributed by atoms with Crippen LogP contribution in [0.25, 0.3) is 10.9 Å². The third-order valence-electron chi connectivity index (χ3n) is 3.98. The molecule has 0 aliphatic rings. The van der Waals surface area contributed by atoms with Crippen molar-refractivity contribution in [3.05, 3.63) is 64.8 Å². The number of H-pyrrole nitrogens is 1. The van der Waals surface area contributed by atoms with E-state index in [9.17, 15) is 4.79 Å².